The first-order valence-corrected chi connectivity index (χ1v) is 5.72. The quantitative estimate of drug-likeness (QED) is 0.645. The molecule has 0 aliphatic heterocycles. The zero-order chi connectivity index (χ0) is 10.2. The molecule has 1 rings (SSSR count). The molecule has 0 fully saturated rings. The van der Waals surface area contributed by atoms with Crippen molar-refractivity contribution in [1.29, 1.82) is 0 Å². The molecule has 14 heavy (non-hydrogen) atoms. The van der Waals surface area contributed by atoms with Crippen LogP contribution in [0.15, 0.2) is 11.8 Å². The lowest BCUT2D eigenvalue weighted by Gasteiger charge is -2.11. The third-order valence-corrected chi connectivity index (χ3v) is 2.45. The lowest BCUT2D eigenvalue weighted by Crippen LogP contribution is -2.04. The molecule has 80 valence electrons. The molecule has 0 saturated heterocycles. The molecule has 2 heteroatoms. The molecule has 0 unspecified atom stereocenters. The van der Waals surface area contributed by atoms with E-state index in [1.807, 2.05) is 6.92 Å². The van der Waals surface area contributed by atoms with E-state index in [1.54, 1.807) is 0 Å². The van der Waals surface area contributed by atoms with E-state index >= 15 is 0 Å². The van der Waals surface area contributed by atoms with Gasteiger partial charge in [-0.3, -0.25) is 4.79 Å². The molecule has 0 N–H and O–H groups in total. The lowest BCUT2D eigenvalue weighted by atomic mass is 10.1. The van der Waals surface area contributed by atoms with Gasteiger partial charge in [0.15, 0.2) is 0 Å². The highest BCUT2D eigenvalue weighted by atomic mass is 16.5. The highest BCUT2D eigenvalue weighted by Gasteiger charge is 2.07. The van der Waals surface area contributed by atoms with Gasteiger partial charge in [0.1, 0.15) is 5.76 Å². The Kier molecular flexibility index (Phi) is 5.35. The maximum absolute atomic E-state index is 11.2. The summed E-state index contributed by atoms with van der Waals surface area (Å²) in [6, 6.07) is 0. The Morgan fingerprint density at radius 1 is 1.36 bits per heavy atom. The summed E-state index contributed by atoms with van der Waals surface area (Å²) in [5.74, 6) is 0.836. The Morgan fingerprint density at radius 2 is 2.14 bits per heavy atom. The highest BCUT2D eigenvalue weighted by molar-refractivity contribution is 5.70. The van der Waals surface area contributed by atoms with Crippen LogP contribution < -0.4 is 0 Å². The molecule has 1 aliphatic rings. The molecule has 2 nitrogen and oxygen atoms in total. The van der Waals surface area contributed by atoms with E-state index in [0.29, 0.717) is 6.42 Å². The van der Waals surface area contributed by atoms with E-state index in [-0.39, 0.29) is 5.97 Å². The van der Waals surface area contributed by atoms with E-state index in [0.717, 1.165) is 31.4 Å². The van der Waals surface area contributed by atoms with Gasteiger partial charge in [-0.15, -0.1) is 0 Å². The average molecular weight is 196 g/mol. The Morgan fingerprint density at radius 3 is 2.93 bits per heavy atom. The summed E-state index contributed by atoms with van der Waals surface area (Å²) in [6.07, 6.45) is 10.5. The van der Waals surface area contributed by atoms with Crippen LogP contribution in [0.2, 0.25) is 0 Å². The Hall–Kier alpha value is -0.790. The minimum absolute atomic E-state index is 0.0701. The van der Waals surface area contributed by atoms with Gasteiger partial charge < -0.3 is 4.74 Å². The maximum atomic E-state index is 11.2. The molecule has 0 amide bonds. The minimum Gasteiger partial charge on any atom is -0.431 e. The third kappa shape index (κ3) is 4.45. The molecule has 1 aliphatic carbocycles. The van der Waals surface area contributed by atoms with Crippen LogP contribution in [-0.4, -0.2) is 5.97 Å². The van der Waals surface area contributed by atoms with Crippen molar-refractivity contribution in [3.63, 3.8) is 0 Å². The smallest absolute Gasteiger partial charge is 0.310 e. The monoisotopic (exact) mass is 196 g/mol. The lowest BCUT2D eigenvalue weighted by molar-refractivity contribution is -0.139. The van der Waals surface area contributed by atoms with Crippen LogP contribution in [0.3, 0.4) is 0 Å². The van der Waals surface area contributed by atoms with Crippen LogP contribution >= 0.6 is 0 Å². The molecule has 0 aromatic rings. The number of ether oxygens (including phenoxy) is 1. The van der Waals surface area contributed by atoms with Crippen molar-refractivity contribution in [2.75, 3.05) is 0 Å². The fraction of sp³-hybridized carbons (Fsp3) is 0.750. The van der Waals surface area contributed by atoms with Crippen LogP contribution in [0.4, 0.5) is 0 Å². The fourth-order valence-electron chi connectivity index (χ4n) is 1.66. The van der Waals surface area contributed by atoms with E-state index in [4.69, 9.17) is 4.74 Å². The van der Waals surface area contributed by atoms with Crippen molar-refractivity contribution >= 4 is 5.97 Å². The number of rotatable bonds is 3. The zero-order valence-electron chi connectivity index (χ0n) is 9.05. The molecule has 0 atom stereocenters. The van der Waals surface area contributed by atoms with E-state index in [1.165, 1.54) is 19.3 Å². The minimum atomic E-state index is -0.0701. The van der Waals surface area contributed by atoms with E-state index in [9.17, 15) is 4.79 Å². The summed E-state index contributed by atoms with van der Waals surface area (Å²) in [5, 5.41) is 0. The van der Waals surface area contributed by atoms with Gasteiger partial charge in [-0.2, -0.15) is 0 Å². The molecule has 0 radical (unpaired) electrons. The van der Waals surface area contributed by atoms with Gasteiger partial charge >= 0.3 is 5.97 Å². The summed E-state index contributed by atoms with van der Waals surface area (Å²) in [7, 11) is 0. The summed E-state index contributed by atoms with van der Waals surface area (Å²) >= 11 is 0. The topological polar surface area (TPSA) is 26.3 Å². The first kappa shape index (κ1) is 11.3. The third-order valence-electron chi connectivity index (χ3n) is 2.45. The van der Waals surface area contributed by atoms with Crippen LogP contribution in [0, 0.1) is 0 Å². The number of hydrogen-bond donors (Lipinski definition) is 0. The number of allylic oxidation sites excluding steroid dienone is 2. The van der Waals surface area contributed by atoms with E-state index < -0.39 is 0 Å². The second-order valence-corrected chi connectivity index (χ2v) is 3.85. The first-order chi connectivity index (χ1) is 6.83. The van der Waals surface area contributed by atoms with Crippen molar-refractivity contribution < 1.29 is 9.53 Å². The summed E-state index contributed by atoms with van der Waals surface area (Å²) in [4.78, 5) is 11.2. The van der Waals surface area contributed by atoms with E-state index in [2.05, 4.69) is 6.08 Å². The van der Waals surface area contributed by atoms with Gasteiger partial charge in [-0.25, -0.2) is 0 Å². The summed E-state index contributed by atoms with van der Waals surface area (Å²) < 4.78 is 5.29. The molecule has 0 aromatic heterocycles. The van der Waals surface area contributed by atoms with Crippen LogP contribution in [0.25, 0.3) is 0 Å². The van der Waals surface area contributed by atoms with Crippen LogP contribution in [0.5, 0.6) is 0 Å². The standard InChI is InChI=1S/C12H20O2/c1-2-8-12(13)14-11-9-6-4-3-5-7-10-11/h9H,2-8,10H2,1H3/b11-9+. The summed E-state index contributed by atoms with van der Waals surface area (Å²) in [6.45, 7) is 1.99. The predicted molar refractivity (Wildman–Crippen MR) is 56.8 cm³/mol. The van der Waals surface area contributed by atoms with Gasteiger partial charge in [0.25, 0.3) is 0 Å². The van der Waals surface area contributed by atoms with Crippen LogP contribution in [-0.2, 0) is 9.53 Å². The molecular formula is C12H20O2. The van der Waals surface area contributed by atoms with Gasteiger partial charge in [0, 0.05) is 12.8 Å². The highest BCUT2D eigenvalue weighted by Crippen LogP contribution is 2.18. The molecule has 0 heterocycles. The van der Waals surface area contributed by atoms with Crippen molar-refractivity contribution in [2.45, 2.75) is 58.3 Å². The molecule has 0 spiro atoms. The number of carbonyl (C=O) groups excluding carboxylic acids is 1. The van der Waals surface area contributed by atoms with Crippen molar-refractivity contribution in [3.05, 3.63) is 11.8 Å². The van der Waals surface area contributed by atoms with Crippen molar-refractivity contribution in [1.82, 2.24) is 0 Å². The Balaban J connectivity index is 2.36. The van der Waals surface area contributed by atoms with Crippen molar-refractivity contribution in [3.8, 4) is 0 Å². The van der Waals surface area contributed by atoms with Gasteiger partial charge in [-0.1, -0.05) is 19.8 Å². The van der Waals surface area contributed by atoms with Crippen molar-refractivity contribution in [2.24, 2.45) is 0 Å². The second kappa shape index (κ2) is 6.63. The Bertz CT molecular complexity index is 206. The van der Waals surface area contributed by atoms with Gasteiger partial charge in [0.2, 0.25) is 0 Å². The molecule has 0 saturated carbocycles. The normalized spacial score (nSPS) is 21.6. The first-order valence-electron chi connectivity index (χ1n) is 5.72. The number of hydrogen-bond acceptors (Lipinski definition) is 2. The predicted octanol–water partition coefficient (Wildman–Crippen LogP) is 3.57. The fourth-order valence-corrected chi connectivity index (χ4v) is 1.66. The van der Waals surface area contributed by atoms with Gasteiger partial charge in [0.05, 0.1) is 0 Å². The maximum Gasteiger partial charge on any atom is 0.310 e. The average Bonchev–Trinajstić information content (AvgIpc) is 2.10. The summed E-state index contributed by atoms with van der Waals surface area (Å²) in [5.41, 5.74) is 0. The molecular weight excluding hydrogens is 176 g/mol. The number of carbonyl (C=O) groups is 1. The number of esters is 1. The SMILES string of the molecule is CCCC(=O)O/C1=C/CCCCCC1. The van der Waals surface area contributed by atoms with Crippen LogP contribution in [0.1, 0.15) is 58.3 Å². The second-order valence-electron chi connectivity index (χ2n) is 3.85. The zero-order valence-corrected chi connectivity index (χ0v) is 9.05. The molecule has 0 bridgehead atoms. The Labute approximate surface area is 86.3 Å². The largest absolute Gasteiger partial charge is 0.431 e. The molecule has 0 aromatic carbocycles. The van der Waals surface area contributed by atoms with Gasteiger partial charge in [-0.05, 0) is 31.8 Å².